The second-order valence-electron chi connectivity index (χ2n) is 8.13. The van der Waals surface area contributed by atoms with Gasteiger partial charge in [-0.15, -0.1) is 0 Å². The smallest absolute Gasteiger partial charge is 0.254 e. The van der Waals surface area contributed by atoms with Crippen LogP contribution in [0.15, 0.2) is 60.7 Å². The maximum Gasteiger partial charge on any atom is 0.254 e. The zero-order chi connectivity index (χ0) is 23.1. The van der Waals surface area contributed by atoms with Gasteiger partial charge >= 0.3 is 0 Å². The van der Waals surface area contributed by atoms with E-state index in [1.807, 2.05) is 18.2 Å². The van der Waals surface area contributed by atoms with Crippen LogP contribution in [0.4, 0.5) is 10.1 Å². The number of hydrogen-bond acceptors (Lipinski definition) is 4. The molecule has 0 bridgehead atoms. The topological polar surface area (TPSA) is 67.9 Å². The summed E-state index contributed by atoms with van der Waals surface area (Å²) in [6.45, 7) is 0.462. The van der Waals surface area contributed by atoms with Crippen LogP contribution in [0, 0.1) is 5.82 Å². The van der Waals surface area contributed by atoms with Gasteiger partial charge in [0.1, 0.15) is 5.82 Å². The summed E-state index contributed by atoms with van der Waals surface area (Å²) >= 11 is 0. The molecule has 0 saturated heterocycles. The molecule has 0 spiro atoms. The zero-order valence-corrected chi connectivity index (χ0v) is 18.3. The third-order valence-corrected chi connectivity index (χ3v) is 6.44. The zero-order valence-electron chi connectivity index (χ0n) is 18.3. The van der Waals surface area contributed by atoms with Crippen LogP contribution in [-0.4, -0.2) is 37.5 Å². The van der Waals surface area contributed by atoms with E-state index in [1.165, 1.54) is 12.1 Å². The van der Waals surface area contributed by atoms with Crippen molar-refractivity contribution in [2.24, 2.45) is 0 Å². The minimum absolute atomic E-state index is 0.103. The summed E-state index contributed by atoms with van der Waals surface area (Å²) in [5.41, 5.74) is 3.04. The number of hydrogen-bond donors (Lipinski definition) is 1. The summed E-state index contributed by atoms with van der Waals surface area (Å²) in [5, 5.41) is 2.74. The molecule has 2 atom stereocenters. The van der Waals surface area contributed by atoms with Crippen LogP contribution in [-0.2, 0) is 11.2 Å². The summed E-state index contributed by atoms with van der Waals surface area (Å²) in [7, 11) is 3.12. The van der Waals surface area contributed by atoms with E-state index in [0.717, 1.165) is 11.1 Å². The van der Waals surface area contributed by atoms with Crippen molar-refractivity contribution < 1.29 is 23.5 Å². The van der Waals surface area contributed by atoms with Gasteiger partial charge in [-0.2, -0.15) is 0 Å². The highest BCUT2D eigenvalue weighted by atomic mass is 19.1. The maximum atomic E-state index is 14.3. The Morgan fingerprint density at radius 3 is 2.45 bits per heavy atom. The molecule has 1 N–H and O–H groups in total. The Morgan fingerprint density at radius 2 is 1.70 bits per heavy atom. The third-order valence-electron chi connectivity index (χ3n) is 6.44. The summed E-state index contributed by atoms with van der Waals surface area (Å²) in [5.74, 6) is -0.616. The van der Waals surface area contributed by atoms with Crippen molar-refractivity contribution in [3.63, 3.8) is 0 Å². The Hall–Kier alpha value is -3.87. The number of anilines is 1. The number of halogens is 1. The third kappa shape index (κ3) is 3.40. The number of nitrogens with one attached hydrogen (secondary N) is 1. The van der Waals surface area contributed by atoms with E-state index >= 15 is 0 Å². The van der Waals surface area contributed by atoms with Crippen LogP contribution in [0.5, 0.6) is 11.5 Å². The van der Waals surface area contributed by atoms with Gasteiger partial charge in [-0.3, -0.25) is 9.59 Å². The maximum absolute atomic E-state index is 14.3. The normalized spacial score (nSPS) is 18.6. The predicted molar refractivity (Wildman–Crippen MR) is 121 cm³/mol. The average Bonchev–Trinajstić information content (AvgIpc) is 2.84. The van der Waals surface area contributed by atoms with Crippen molar-refractivity contribution in [3.05, 3.63) is 88.7 Å². The number of nitrogens with zero attached hydrogens (tertiary/aromatic N) is 1. The van der Waals surface area contributed by atoms with E-state index < -0.39 is 17.8 Å². The molecule has 0 radical (unpaired) electrons. The van der Waals surface area contributed by atoms with Gasteiger partial charge in [-0.25, -0.2) is 4.39 Å². The molecule has 2 aliphatic heterocycles. The molecule has 3 aromatic rings. The molecule has 0 aromatic heterocycles. The van der Waals surface area contributed by atoms with Gasteiger partial charge < -0.3 is 19.7 Å². The lowest BCUT2D eigenvalue weighted by molar-refractivity contribution is -0.119. The Kier molecular flexibility index (Phi) is 5.24. The molecule has 3 aromatic carbocycles. The molecule has 0 fully saturated rings. The molecule has 0 unspecified atom stereocenters. The SMILES string of the molecule is COc1cc2c(cc1OC)[C@@H]1[C@@H](C(=O)Nc3ccccc3F)c3ccccc3C(=O)N1CC2. The summed E-state index contributed by atoms with van der Waals surface area (Å²) < 4.78 is 25.3. The van der Waals surface area contributed by atoms with Crippen molar-refractivity contribution in [1.29, 1.82) is 0 Å². The molecular weight excluding hydrogens is 423 g/mol. The van der Waals surface area contributed by atoms with Gasteiger partial charge in [0.05, 0.1) is 31.9 Å². The Morgan fingerprint density at radius 1 is 1.00 bits per heavy atom. The first-order valence-electron chi connectivity index (χ1n) is 10.7. The number of rotatable bonds is 4. The molecule has 5 rings (SSSR count). The van der Waals surface area contributed by atoms with Crippen molar-refractivity contribution in [2.75, 3.05) is 26.1 Å². The number of carbonyl (C=O) groups excluding carboxylic acids is 2. The van der Waals surface area contributed by atoms with Crippen LogP contribution in [0.2, 0.25) is 0 Å². The largest absolute Gasteiger partial charge is 0.493 e. The van der Waals surface area contributed by atoms with Gasteiger partial charge in [0, 0.05) is 12.1 Å². The highest BCUT2D eigenvalue weighted by Crippen LogP contribution is 2.48. The molecule has 0 aliphatic carbocycles. The first-order chi connectivity index (χ1) is 16.0. The number of methoxy groups -OCH3 is 2. The number of amides is 2. The number of para-hydroxylation sites is 1. The molecular formula is C26H23FN2O4. The van der Waals surface area contributed by atoms with Crippen LogP contribution in [0.3, 0.4) is 0 Å². The quantitative estimate of drug-likeness (QED) is 0.648. The number of ether oxygens (including phenoxy) is 2. The van der Waals surface area contributed by atoms with Crippen molar-refractivity contribution in [1.82, 2.24) is 4.90 Å². The molecule has 2 amide bonds. The molecule has 7 heteroatoms. The summed E-state index contributed by atoms with van der Waals surface area (Å²) in [6, 6.07) is 16.4. The van der Waals surface area contributed by atoms with E-state index in [4.69, 9.17) is 9.47 Å². The van der Waals surface area contributed by atoms with Crippen molar-refractivity contribution in [3.8, 4) is 11.5 Å². The van der Waals surface area contributed by atoms with Gasteiger partial charge in [-0.05, 0) is 53.4 Å². The van der Waals surface area contributed by atoms with Crippen LogP contribution < -0.4 is 14.8 Å². The Bertz CT molecular complexity index is 1260. The van der Waals surface area contributed by atoms with Gasteiger partial charge in [-0.1, -0.05) is 30.3 Å². The molecule has 0 saturated carbocycles. The fraction of sp³-hybridized carbons (Fsp3) is 0.231. The lowest BCUT2D eigenvalue weighted by atomic mass is 9.75. The van der Waals surface area contributed by atoms with Gasteiger partial charge in [0.15, 0.2) is 11.5 Å². The first-order valence-corrected chi connectivity index (χ1v) is 10.7. The lowest BCUT2D eigenvalue weighted by Gasteiger charge is -2.45. The minimum atomic E-state index is -0.726. The predicted octanol–water partition coefficient (Wildman–Crippen LogP) is 4.32. The Labute approximate surface area is 190 Å². The molecule has 168 valence electrons. The standard InChI is InChI=1S/C26H23FN2O4/c1-32-21-13-15-11-12-29-24(18(15)14-22(21)33-2)23(16-7-3-4-8-17(16)26(29)31)25(30)28-20-10-6-5-9-19(20)27/h3-10,13-14,23-24H,11-12H2,1-2H3,(H,28,30)/t23-,24+/m0/s1. The minimum Gasteiger partial charge on any atom is -0.493 e. The molecule has 2 aliphatic rings. The number of carbonyl (C=O) groups is 2. The number of benzene rings is 3. The average molecular weight is 446 g/mol. The van der Waals surface area contributed by atoms with E-state index in [2.05, 4.69) is 5.32 Å². The van der Waals surface area contributed by atoms with Crippen molar-refractivity contribution in [2.45, 2.75) is 18.4 Å². The summed E-state index contributed by atoms with van der Waals surface area (Å²) in [4.78, 5) is 28.8. The highest BCUT2D eigenvalue weighted by molar-refractivity contribution is 6.04. The second kappa shape index (κ2) is 8.24. The van der Waals surface area contributed by atoms with Crippen LogP contribution >= 0.6 is 0 Å². The molecule has 33 heavy (non-hydrogen) atoms. The Balaban J connectivity index is 1.66. The highest BCUT2D eigenvalue weighted by Gasteiger charge is 2.46. The first kappa shape index (κ1) is 21.0. The fourth-order valence-corrected chi connectivity index (χ4v) is 4.91. The van der Waals surface area contributed by atoms with Crippen LogP contribution in [0.1, 0.15) is 39.0 Å². The number of fused-ring (bicyclic) bond motifs is 4. The molecule has 6 nitrogen and oxygen atoms in total. The summed E-state index contributed by atoms with van der Waals surface area (Å²) in [6.07, 6.45) is 0.627. The van der Waals surface area contributed by atoms with Gasteiger partial charge in [0.25, 0.3) is 5.91 Å². The molecule has 2 heterocycles. The second-order valence-corrected chi connectivity index (χ2v) is 8.13. The van der Waals surface area contributed by atoms with Crippen LogP contribution in [0.25, 0.3) is 0 Å². The van der Waals surface area contributed by atoms with E-state index in [-0.39, 0.29) is 17.5 Å². The van der Waals surface area contributed by atoms with E-state index in [1.54, 1.807) is 49.5 Å². The van der Waals surface area contributed by atoms with Gasteiger partial charge in [0.2, 0.25) is 5.91 Å². The lowest BCUT2D eigenvalue weighted by Crippen LogP contribution is -2.49. The van der Waals surface area contributed by atoms with E-state index in [9.17, 15) is 14.0 Å². The van der Waals surface area contributed by atoms with E-state index in [0.29, 0.717) is 35.6 Å². The monoisotopic (exact) mass is 446 g/mol. The fourth-order valence-electron chi connectivity index (χ4n) is 4.91. The van der Waals surface area contributed by atoms with Crippen molar-refractivity contribution >= 4 is 17.5 Å².